The molecular formula is C15H12N8OS. The summed E-state index contributed by atoms with van der Waals surface area (Å²) >= 11 is 1.42. The Morgan fingerprint density at radius 3 is 2.76 bits per heavy atom. The molecule has 9 nitrogen and oxygen atoms in total. The third-order valence-corrected chi connectivity index (χ3v) is 3.91. The summed E-state index contributed by atoms with van der Waals surface area (Å²) in [6.45, 7) is 0.120. The van der Waals surface area contributed by atoms with Gasteiger partial charge in [-0.15, -0.1) is 11.3 Å². The molecule has 25 heavy (non-hydrogen) atoms. The Kier molecular flexibility index (Phi) is 5.15. The fraction of sp³-hybridized carbons (Fsp3) is 0.0667. The lowest BCUT2D eigenvalue weighted by molar-refractivity contribution is 0.262. The molecule has 0 bridgehead atoms. The van der Waals surface area contributed by atoms with Crippen LogP contribution < -0.4 is 10.6 Å². The zero-order chi connectivity index (χ0) is 17.5. The molecule has 0 saturated carbocycles. The first-order chi connectivity index (χ1) is 12.2. The Labute approximate surface area is 146 Å². The molecule has 3 heterocycles. The number of hydrogen-bond donors (Lipinski definition) is 2. The van der Waals surface area contributed by atoms with Gasteiger partial charge in [-0.25, -0.2) is 14.8 Å². The van der Waals surface area contributed by atoms with Gasteiger partial charge in [-0.1, -0.05) is 11.2 Å². The van der Waals surface area contributed by atoms with Gasteiger partial charge in [0.15, 0.2) is 0 Å². The predicted octanol–water partition coefficient (Wildman–Crippen LogP) is 4.05. The zero-order valence-electron chi connectivity index (χ0n) is 12.8. The standard InChI is InChI=1S/C15H12N8OS/c16-23-18-8-11-2-1-3-12(19-11)21-15(24)22-13-9-25-14(20-13)10-4-6-17-7-5-10/h1-7,9H,8H2,(H2,19,21,22,24). The van der Waals surface area contributed by atoms with Gasteiger partial charge in [0, 0.05) is 33.9 Å². The summed E-state index contributed by atoms with van der Waals surface area (Å²) in [6.07, 6.45) is 3.37. The van der Waals surface area contributed by atoms with Crippen LogP contribution in [0.25, 0.3) is 21.0 Å². The minimum Gasteiger partial charge on any atom is -0.292 e. The second-order valence-electron chi connectivity index (χ2n) is 4.76. The average molecular weight is 352 g/mol. The van der Waals surface area contributed by atoms with Gasteiger partial charge < -0.3 is 0 Å². The lowest BCUT2D eigenvalue weighted by Gasteiger charge is -2.05. The highest BCUT2D eigenvalue weighted by atomic mass is 32.1. The number of azide groups is 1. The van der Waals surface area contributed by atoms with Crippen LogP contribution in [0.5, 0.6) is 0 Å². The number of carbonyl (C=O) groups excluding carboxylic acids is 1. The minimum atomic E-state index is -0.458. The normalized spacial score (nSPS) is 9.92. The van der Waals surface area contributed by atoms with E-state index < -0.39 is 6.03 Å². The molecule has 0 aliphatic heterocycles. The maximum absolute atomic E-state index is 12.1. The molecule has 10 heteroatoms. The molecule has 0 spiro atoms. The number of anilines is 2. The second-order valence-corrected chi connectivity index (χ2v) is 5.61. The van der Waals surface area contributed by atoms with E-state index in [0.717, 1.165) is 10.6 Å². The lowest BCUT2D eigenvalue weighted by atomic mass is 10.3. The summed E-state index contributed by atoms with van der Waals surface area (Å²) < 4.78 is 0. The van der Waals surface area contributed by atoms with Crippen LogP contribution in [-0.2, 0) is 6.54 Å². The first kappa shape index (κ1) is 16.4. The highest BCUT2D eigenvalue weighted by molar-refractivity contribution is 7.13. The summed E-state index contributed by atoms with van der Waals surface area (Å²) in [6, 6.07) is 8.31. The molecule has 0 radical (unpaired) electrons. The largest absolute Gasteiger partial charge is 0.326 e. The molecule has 124 valence electrons. The van der Waals surface area contributed by atoms with E-state index in [2.05, 4.69) is 35.6 Å². The molecule has 0 fully saturated rings. The number of carbonyl (C=O) groups is 1. The van der Waals surface area contributed by atoms with Crippen LogP contribution >= 0.6 is 11.3 Å². The number of hydrogen-bond acceptors (Lipinski definition) is 6. The fourth-order valence-electron chi connectivity index (χ4n) is 1.96. The SMILES string of the molecule is [N-]=[N+]=NCc1cccc(NC(=O)Nc2csc(-c3ccncc3)n2)n1. The van der Waals surface area contributed by atoms with Crippen molar-refractivity contribution in [1.29, 1.82) is 0 Å². The molecule has 0 aliphatic carbocycles. The Hall–Kier alpha value is -3.49. The smallest absolute Gasteiger partial charge is 0.292 e. The Bertz CT molecular complexity index is 920. The maximum Gasteiger partial charge on any atom is 0.326 e. The van der Waals surface area contributed by atoms with Crippen molar-refractivity contribution in [2.45, 2.75) is 6.54 Å². The number of thiazole rings is 1. The highest BCUT2D eigenvalue weighted by Gasteiger charge is 2.08. The van der Waals surface area contributed by atoms with Gasteiger partial charge in [-0.3, -0.25) is 15.6 Å². The fourth-order valence-corrected chi connectivity index (χ4v) is 2.72. The topological polar surface area (TPSA) is 129 Å². The van der Waals surface area contributed by atoms with E-state index >= 15 is 0 Å². The van der Waals surface area contributed by atoms with E-state index in [9.17, 15) is 4.79 Å². The highest BCUT2D eigenvalue weighted by Crippen LogP contribution is 2.25. The number of nitrogens with zero attached hydrogens (tertiary/aromatic N) is 6. The monoisotopic (exact) mass is 352 g/mol. The Balaban J connectivity index is 1.63. The van der Waals surface area contributed by atoms with Gasteiger partial charge >= 0.3 is 6.03 Å². The molecule has 0 unspecified atom stereocenters. The number of rotatable bonds is 5. The van der Waals surface area contributed by atoms with Crippen molar-refractivity contribution in [3.05, 3.63) is 64.2 Å². The summed E-state index contributed by atoms with van der Waals surface area (Å²) in [7, 11) is 0. The van der Waals surface area contributed by atoms with Crippen LogP contribution in [0.15, 0.2) is 53.2 Å². The van der Waals surface area contributed by atoms with Crippen LogP contribution in [-0.4, -0.2) is 21.0 Å². The van der Waals surface area contributed by atoms with Crippen molar-refractivity contribution in [3.63, 3.8) is 0 Å². The minimum absolute atomic E-state index is 0.120. The van der Waals surface area contributed by atoms with E-state index in [-0.39, 0.29) is 6.54 Å². The van der Waals surface area contributed by atoms with E-state index in [1.165, 1.54) is 11.3 Å². The number of nitrogens with one attached hydrogen (secondary N) is 2. The number of amides is 2. The van der Waals surface area contributed by atoms with Crippen molar-refractivity contribution < 1.29 is 4.79 Å². The van der Waals surface area contributed by atoms with Gasteiger partial charge in [0.2, 0.25) is 0 Å². The maximum atomic E-state index is 12.1. The van der Waals surface area contributed by atoms with Crippen LogP contribution in [0.4, 0.5) is 16.4 Å². The molecule has 0 aliphatic rings. The van der Waals surface area contributed by atoms with Crippen molar-refractivity contribution >= 4 is 29.0 Å². The molecule has 0 atom stereocenters. The molecular weight excluding hydrogens is 340 g/mol. The lowest BCUT2D eigenvalue weighted by Crippen LogP contribution is -2.20. The van der Waals surface area contributed by atoms with Gasteiger partial charge in [0.25, 0.3) is 0 Å². The Morgan fingerprint density at radius 2 is 1.96 bits per heavy atom. The predicted molar refractivity (Wildman–Crippen MR) is 95.1 cm³/mol. The van der Waals surface area contributed by atoms with E-state index in [0.29, 0.717) is 17.3 Å². The van der Waals surface area contributed by atoms with Crippen molar-refractivity contribution in [3.8, 4) is 10.6 Å². The van der Waals surface area contributed by atoms with Crippen LogP contribution in [0, 0.1) is 0 Å². The molecule has 2 N–H and O–H groups in total. The molecule has 0 saturated heterocycles. The van der Waals surface area contributed by atoms with E-state index in [4.69, 9.17) is 5.53 Å². The quantitative estimate of drug-likeness (QED) is 0.407. The first-order valence-electron chi connectivity index (χ1n) is 7.15. The van der Waals surface area contributed by atoms with Crippen molar-refractivity contribution in [2.75, 3.05) is 10.6 Å². The third-order valence-electron chi connectivity index (χ3n) is 3.02. The molecule has 2 amide bonds. The Morgan fingerprint density at radius 1 is 1.16 bits per heavy atom. The van der Waals surface area contributed by atoms with Crippen LogP contribution in [0.3, 0.4) is 0 Å². The number of pyridine rings is 2. The number of urea groups is 1. The summed E-state index contributed by atoms with van der Waals surface area (Å²) in [5, 5.41) is 11.2. The zero-order valence-corrected chi connectivity index (χ0v) is 13.6. The van der Waals surface area contributed by atoms with Crippen LogP contribution in [0.1, 0.15) is 5.69 Å². The molecule has 3 aromatic rings. The summed E-state index contributed by atoms with van der Waals surface area (Å²) in [4.78, 5) is 27.3. The molecule has 3 rings (SSSR count). The van der Waals surface area contributed by atoms with E-state index in [1.807, 2.05) is 12.1 Å². The van der Waals surface area contributed by atoms with Crippen LogP contribution in [0.2, 0.25) is 0 Å². The molecule has 0 aromatic carbocycles. The van der Waals surface area contributed by atoms with Gasteiger partial charge in [0.1, 0.15) is 16.6 Å². The first-order valence-corrected chi connectivity index (χ1v) is 8.03. The molecule has 3 aromatic heterocycles. The summed E-state index contributed by atoms with van der Waals surface area (Å²) in [5.74, 6) is 0.798. The average Bonchev–Trinajstić information content (AvgIpc) is 3.09. The second kappa shape index (κ2) is 7.86. The van der Waals surface area contributed by atoms with Gasteiger partial charge in [0.05, 0.1) is 6.54 Å². The van der Waals surface area contributed by atoms with Crippen molar-refractivity contribution in [2.24, 2.45) is 5.11 Å². The van der Waals surface area contributed by atoms with E-state index in [1.54, 1.807) is 36.0 Å². The van der Waals surface area contributed by atoms with Gasteiger partial charge in [-0.05, 0) is 29.8 Å². The van der Waals surface area contributed by atoms with Crippen molar-refractivity contribution in [1.82, 2.24) is 15.0 Å². The summed E-state index contributed by atoms with van der Waals surface area (Å²) in [5.41, 5.74) is 9.82. The third kappa shape index (κ3) is 4.50. The van der Waals surface area contributed by atoms with Gasteiger partial charge in [-0.2, -0.15) is 0 Å². The number of aromatic nitrogens is 3.